The lowest BCUT2D eigenvalue weighted by Gasteiger charge is -2.31. The molecule has 1 saturated heterocycles. The van der Waals surface area contributed by atoms with Crippen LogP contribution in [0.25, 0.3) is 0 Å². The molecule has 1 unspecified atom stereocenters. The van der Waals surface area contributed by atoms with Crippen molar-refractivity contribution in [3.8, 4) is 6.07 Å². The normalized spacial score (nSPS) is 19.4. The number of carbonyl (C=O) groups is 1. The lowest BCUT2D eigenvalue weighted by molar-refractivity contribution is -0.135. The van der Waals surface area contributed by atoms with E-state index in [-0.39, 0.29) is 11.8 Å². The Balaban J connectivity index is 1.41. The number of rotatable bonds is 2. The summed E-state index contributed by atoms with van der Waals surface area (Å²) in [6.07, 6.45) is 3.54. The highest BCUT2D eigenvalue weighted by Gasteiger charge is 2.32. The van der Waals surface area contributed by atoms with Crippen LogP contribution in [0.4, 0.5) is 5.69 Å². The van der Waals surface area contributed by atoms with Crippen LogP contribution in [0.1, 0.15) is 23.2 Å². The minimum atomic E-state index is 0.0425. The molecule has 2 aromatic rings. The molecule has 2 aliphatic heterocycles. The van der Waals surface area contributed by atoms with Gasteiger partial charge in [0.25, 0.3) is 0 Å². The molecule has 126 valence electrons. The van der Waals surface area contributed by atoms with E-state index in [4.69, 9.17) is 5.26 Å². The van der Waals surface area contributed by atoms with E-state index in [9.17, 15) is 4.79 Å². The summed E-state index contributed by atoms with van der Waals surface area (Å²) >= 11 is 0. The minimum absolute atomic E-state index is 0.0425. The highest BCUT2D eigenvalue weighted by Crippen LogP contribution is 2.27. The van der Waals surface area contributed by atoms with Crippen LogP contribution in [-0.2, 0) is 17.8 Å². The number of carbonyl (C=O) groups excluding carboxylic acids is 1. The number of fused-ring (bicyclic) bond motifs is 1. The lowest BCUT2D eigenvalue weighted by Crippen LogP contribution is -2.40. The number of nitrogens with zero attached hydrogens (tertiary/aromatic N) is 4. The maximum atomic E-state index is 12.9. The number of anilines is 1. The summed E-state index contributed by atoms with van der Waals surface area (Å²) in [6.45, 7) is 3.12. The van der Waals surface area contributed by atoms with Crippen molar-refractivity contribution in [3.63, 3.8) is 0 Å². The topological polar surface area (TPSA) is 60.2 Å². The van der Waals surface area contributed by atoms with E-state index < -0.39 is 0 Å². The van der Waals surface area contributed by atoms with Gasteiger partial charge in [-0.25, -0.2) is 4.98 Å². The van der Waals surface area contributed by atoms with Gasteiger partial charge in [0.2, 0.25) is 5.91 Å². The average molecular weight is 332 g/mol. The molecule has 0 saturated carbocycles. The molecule has 1 aromatic carbocycles. The van der Waals surface area contributed by atoms with Gasteiger partial charge in [-0.05, 0) is 36.1 Å². The van der Waals surface area contributed by atoms with Gasteiger partial charge < -0.3 is 9.80 Å². The molecule has 1 atom stereocenters. The van der Waals surface area contributed by atoms with Gasteiger partial charge in [-0.15, -0.1) is 0 Å². The van der Waals surface area contributed by atoms with Crippen LogP contribution in [0, 0.1) is 17.2 Å². The van der Waals surface area contributed by atoms with Crippen LogP contribution >= 0.6 is 0 Å². The van der Waals surface area contributed by atoms with Crippen molar-refractivity contribution in [3.05, 3.63) is 59.4 Å². The van der Waals surface area contributed by atoms with Gasteiger partial charge in [-0.1, -0.05) is 24.3 Å². The molecule has 5 heteroatoms. The Morgan fingerprint density at radius 2 is 2.00 bits per heavy atom. The van der Waals surface area contributed by atoms with Crippen molar-refractivity contribution in [1.29, 1.82) is 5.26 Å². The molecule has 0 bridgehead atoms. The number of hydrogen-bond donors (Lipinski definition) is 0. The van der Waals surface area contributed by atoms with E-state index in [0.29, 0.717) is 5.69 Å². The van der Waals surface area contributed by atoms with Crippen molar-refractivity contribution in [1.82, 2.24) is 9.88 Å². The number of nitriles is 1. The van der Waals surface area contributed by atoms with Gasteiger partial charge in [0, 0.05) is 26.2 Å². The quantitative estimate of drug-likeness (QED) is 0.847. The number of pyridine rings is 1. The zero-order valence-electron chi connectivity index (χ0n) is 14.1. The Bertz CT molecular complexity index is 824. The number of aromatic nitrogens is 1. The van der Waals surface area contributed by atoms with E-state index in [1.165, 1.54) is 11.1 Å². The summed E-state index contributed by atoms with van der Waals surface area (Å²) in [4.78, 5) is 21.3. The van der Waals surface area contributed by atoms with Gasteiger partial charge in [0.1, 0.15) is 11.8 Å². The van der Waals surface area contributed by atoms with Crippen LogP contribution in [0.2, 0.25) is 0 Å². The van der Waals surface area contributed by atoms with E-state index >= 15 is 0 Å². The van der Waals surface area contributed by atoms with Crippen LogP contribution in [0.15, 0.2) is 42.6 Å². The molecule has 1 aromatic heterocycles. The second kappa shape index (κ2) is 6.56. The predicted octanol–water partition coefficient (Wildman–Crippen LogP) is 2.36. The number of amides is 1. The van der Waals surface area contributed by atoms with Crippen LogP contribution in [0.3, 0.4) is 0 Å². The molecule has 0 aliphatic carbocycles. The van der Waals surface area contributed by atoms with Crippen molar-refractivity contribution >= 4 is 11.6 Å². The zero-order chi connectivity index (χ0) is 17.2. The maximum absolute atomic E-state index is 12.9. The molecule has 25 heavy (non-hydrogen) atoms. The molecule has 5 nitrogen and oxygen atoms in total. The molecule has 2 aliphatic rings. The fraction of sp³-hybridized carbons (Fsp3) is 0.350. The van der Waals surface area contributed by atoms with E-state index in [0.717, 1.165) is 44.7 Å². The monoisotopic (exact) mass is 332 g/mol. The molecule has 1 fully saturated rings. The summed E-state index contributed by atoms with van der Waals surface area (Å²) in [5.74, 6) is 0.305. The lowest BCUT2D eigenvalue weighted by atomic mass is 9.98. The third-order valence-corrected chi connectivity index (χ3v) is 5.21. The van der Waals surface area contributed by atoms with Gasteiger partial charge in [0.05, 0.1) is 17.8 Å². The molecule has 1 amide bonds. The fourth-order valence-corrected chi connectivity index (χ4v) is 3.78. The molecule has 0 N–H and O–H groups in total. The van der Waals surface area contributed by atoms with Crippen molar-refractivity contribution in [2.75, 3.05) is 24.5 Å². The highest BCUT2D eigenvalue weighted by atomic mass is 16.2. The zero-order valence-corrected chi connectivity index (χ0v) is 14.1. The third kappa shape index (κ3) is 3.08. The van der Waals surface area contributed by atoms with Gasteiger partial charge in [-0.3, -0.25) is 4.79 Å². The largest absolute Gasteiger partial charge is 0.369 e. The molecular formula is C20H20N4O. The van der Waals surface area contributed by atoms with Gasteiger partial charge in [-0.2, -0.15) is 5.26 Å². The van der Waals surface area contributed by atoms with E-state index in [1.807, 2.05) is 23.1 Å². The Morgan fingerprint density at radius 3 is 2.76 bits per heavy atom. The highest BCUT2D eigenvalue weighted by molar-refractivity contribution is 5.80. The summed E-state index contributed by atoms with van der Waals surface area (Å²) < 4.78 is 0. The summed E-state index contributed by atoms with van der Waals surface area (Å²) in [5, 5.41) is 8.85. The smallest absolute Gasteiger partial charge is 0.227 e. The Kier molecular flexibility index (Phi) is 4.10. The summed E-state index contributed by atoms with van der Waals surface area (Å²) in [7, 11) is 0. The first-order chi connectivity index (χ1) is 12.2. The van der Waals surface area contributed by atoms with Crippen molar-refractivity contribution in [2.24, 2.45) is 5.92 Å². The minimum Gasteiger partial charge on any atom is -0.369 e. The third-order valence-electron chi connectivity index (χ3n) is 5.21. The number of hydrogen-bond acceptors (Lipinski definition) is 4. The Labute approximate surface area is 147 Å². The van der Waals surface area contributed by atoms with Crippen LogP contribution in [-0.4, -0.2) is 35.4 Å². The second-order valence-corrected chi connectivity index (χ2v) is 6.72. The number of benzene rings is 1. The second-order valence-electron chi connectivity index (χ2n) is 6.72. The Morgan fingerprint density at radius 1 is 1.16 bits per heavy atom. The summed E-state index contributed by atoms with van der Waals surface area (Å²) in [5.41, 5.74) is 4.04. The SMILES string of the molecule is N#Cc1ccc(N2CCC(C(=O)N3CCc4ccccc4C3)C2)cn1. The molecule has 0 radical (unpaired) electrons. The first-order valence-corrected chi connectivity index (χ1v) is 8.71. The molecule has 0 spiro atoms. The fourth-order valence-electron chi connectivity index (χ4n) is 3.78. The molecular weight excluding hydrogens is 312 g/mol. The summed E-state index contributed by atoms with van der Waals surface area (Å²) in [6, 6.07) is 14.1. The Hall–Kier alpha value is -2.87. The van der Waals surface area contributed by atoms with Crippen LogP contribution in [0.5, 0.6) is 0 Å². The first-order valence-electron chi connectivity index (χ1n) is 8.71. The molecule has 4 rings (SSSR count). The first kappa shape index (κ1) is 15.6. The van der Waals surface area contributed by atoms with Gasteiger partial charge >= 0.3 is 0 Å². The van der Waals surface area contributed by atoms with Gasteiger partial charge in [0.15, 0.2) is 0 Å². The predicted molar refractivity (Wildman–Crippen MR) is 94.8 cm³/mol. The maximum Gasteiger partial charge on any atom is 0.227 e. The standard InChI is InChI=1S/C20H20N4O/c21-11-18-5-6-19(12-22-18)23-9-8-17(14-23)20(25)24-10-7-15-3-1-2-4-16(15)13-24/h1-6,12,17H,7-10,13-14H2. The molecule has 3 heterocycles. The van der Waals surface area contributed by atoms with Crippen LogP contribution < -0.4 is 4.90 Å². The van der Waals surface area contributed by atoms with E-state index in [2.05, 4.69) is 28.1 Å². The average Bonchev–Trinajstić information content (AvgIpc) is 3.17. The van der Waals surface area contributed by atoms with Crippen molar-refractivity contribution in [2.45, 2.75) is 19.4 Å². The van der Waals surface area contributed by atoms with E-state index in [1.54, 1.807) is 12.3 Å². The van der Waals surface area contributed by atoms with Crippen molar-refractivity contribution < 1.29 is 4.79 Å².